The van der Waals surface area contributed by atoms with Crippen LogP contribution in [0.15, 0.2) is 18.5 Å². The topological polar surface area (TPSA) is 56.9 Å². The van der Waals surface area contributed by atoms with Gasteiger partial charge in [-0.3, -0.25) is 4.79 Å². The number of hydrogen-bond donors (Lipinski definition) is 3. The molecule has 4 nitrogen and oxygen atoms in total. The van der Waals surface area contributed by atoms with Gasteiger partial charge in [0.25, 0.3) is 0 Å². The lowest BCUT2D eigenvalue weighted by Crippen LogP contribution is -2.39. The van der Waals surface area contributed by atoms with Gasteiger partial charge < -0.3 is 15.6 Å². The SMILES string of the molecule is O=C(CNCc1cc[nH]c1)NCC(F)(F)F. The fraction of sp³-hybridized carbons (Fsp3) is 0.444. The second kappa shape index (κ2) is 5.55. The van der Waals surface area contributed by atoms with E-state index in [9.17, 15) is 18.0 Å². The largest absolute Gasteiger partial charge is 0.405 e. The van der Waals surface area contributed by atoms with Gasteiger partial charge in [0.2, 0.25) is 5.91 Å². The van der Waals surface area contributed by atoms with Crippen molar-refractivity contribution in [3.05, 3.63) is 24.0 Å². The summed E-state index contributed by atoms with van der Waals surface area (Å²) in [5.41, 5.74) is 0.934. The highest BCUT2D eigenvalue weighted by atomic mass is 19.4. The highest BCUT2D eigenvalue weighted by Crippen LogP contribution is 2.11. The summed E-state index contributed by atoms with van der Waals surface area (Å²) in [5, 5.41) is 4.49. The number of carbonyl (C=O) groups is 1. The van der Waals surface area contributed by atoms with Gasteiger partial charge in [0, 0.05) is 18.9 Å². The average Bonchev–Trinajstić information content (AvgIpc) is 2.66. The second-order valence-corrected chi connectivity index (χ2v) is 3.21. The number of aromatic amines is 1. The molecule has 3 N–H and O–H groups in total. The molecule has 0 atom stereocenters. The van der Waals surface area contributed by atoms with Gasteiger partial charge in [-0.25, -0.2) is 0 Å². The predicted molar refractivity (Wildman–Crippen MR) is 51.6 cm³/mol. The third-order valence-corrected chi connectivity index (χ3v) is 1.76. The number of nitrogens with one attached hydrogen (secondary N) is 3. The standard InChI is InChI=1S/C9H12F3N3O/c10-9(11,12)6-15-8(16)5-14-4-7-1-2-13-3-7/h1-3,13-14H,4-6H2,(H,15,16). The zero-order chi connectivity index (χ0) is 12.0. The maximum Gasteiger partial charge on any atom is 0.405 e. The van der Waals surface area contributed by atoms with Crippen LogP contribution < -0.4 is 10.6 Å². The first-order chi connectivity index (χ1) is 7.47. The van der Waals surface area contributed by atoms with Crippen LogP contribution in [0.25, 0.3) is 0 Å². The van der Waals surface area contributed by atoms with Crippen LogP contribution in [-0.2, 0) is 11.3 Å². The molecule has 0 aromatic carbocycles. The maximum atomic E-state index is 11.7. The molecule has 0 aliphatic carbocycles. The molecule has 1 aromatic heterocycles. The van der Waals surface area contributed by atoms with Gasteiger partial charge in [-0.1, -0.05) is 0 Å². The van der Waals surface area contributed by atoms with Gasteiger partial charge >= 0.3 is 6.18 Å². The van der Waals surface area contributed by atoms with Crippen molar-refractivity contribution in [1.29, 1.82) is 0 Å². The molecule has 1 amide bonds. The smallest absolute Gasteiger partial charge is 0.367 e. The van der Waals surface area contributed by atoms with E-state index in [0.29, 0.717) is 6.54 Å². The molecule has 0 fully saturated rings. The minimum absolute atomic E-state index is 0.138. The fourth-order valence-electron chi connectivity index (χ4n) is 1.05. The Labute approximate surface area is 90.2 Å². The Bertz CT molecular complexity index is 321. The molecule has 0 saturated heterocycles. The zero-order valence-electron chi connectivity index (χ0n) is 8.40. The lowest BCUT2D eigenvalue weighted by molar-refractivity contribution is -0.137. The van der Waals surface area contributed by atoms with Crippen molar-refractivity contribution in [1.82, 2.24) is 15.6 Å². The van der Waals surface area contributed by atoms with Crippen molar-refractivity contribution in [2.75, 3.05) is 13.1 Å². The summed E-state index contributed by atoms with van der Waals surface area (Å²) in [4.78, 5) is 13.8. The Morgan fingerprint density at radius 1 is 1.44 bits per heavy atom. The normalized spacial score (nSPS) is 11.4. The van der Waals surface area contributed by atoms with E-state index in [4.69, 9.17) is 0 Å². The number of halogens is 3. The molecule has 0 aliphatic rings. The lowest BCUT2D eigenvalue weighted by atomic mass is 10.3. The van der Waals surface area contributed by atoms with E-state index in [1.807, 2.05) is 0 Å². The molecule has 0 spiro atoms. The third kappa shape index (κ3) is 5.40. The first-order valence-corrected chi connectivity index (χ1v) is 4.63. The van der Waals surface area contributed by atoms with Crippen molar-refractivity contribution in [3.8, 4) is 0 Å². The van der Waals surface area contributed by atoms with E-state index in [-0.39, 0.29) is 6.54 Å². The van der Waals surface area contributed by atoms with Gasteiger partial charge in [0.15, 0.2) is 0 Å². The minimum Gasteiger partial charge on any atom is -0.367 e. The van der Waals surface area contributed by atoms with Crippen LogP contribution in [-0.4, -0.2) is 30.2 Å². The highest BCUT2D eigenvalue weighted by Gasteiger charge is 2.27. The number of amides is 1. The summed E-state index contributed by atoms with van der Waals surface area (Å²) in [6.45, 7) is -0.998. The molecule has 0 bridgehead atoms. The van der Waals surface area contributed by atoms with Crippen molar-refractivity contribution < 1.29 is 18.0 Å². The van der Waals surface area contributed by atoms with Crippen LogP contribution >= 0.6 is 0 Å². The van der Waals surface area contributed by atoms with Gasteiger partial charge in [-0.2, -0.15) is 13.2 Å². The molecule has 1 aromatic rings. The van der Waals surface area contributed by atoms with Crippen LogP contribution in [0, 0.1) is 0 Å². The Morgan fingerprint density at radius 3 is 2.75 bits per heavy atom. The maximum absolute atomic E-state index is 11.7. The molecule has 0 aliphatic heterocycles. The van der Waals surface area contributed by atoms with E-state index in [1.54, 1.807) is 23.8 Å². The van der Waals surface area contributed by atoms with Crippen LogP contribution in [0.5, 0.6) is 0 Å². The van der Waals surface area contributed by atoms with Gasteiger partial charge in [-0.05, 0) is 11.6 Å². The van der Waals surface area contributed by atoms with Crippen molar-refractivity contribution >= 4 is 5.91 Å². The van der Waals surface area contributed by atoms with Crippen LogP contribution in [0.1, 0.15) is 5.56 Å². The summed E-state index contributed by atoms with van der Waals surface area (Å²) in [5.74, 6) is -0.673. The number of hydrogen-bond acceptors (Lipinski definition) is 2. The van der Waals surface area contributed by atoms with Crippen LogP contribution in [0.2, 0.25) is 0 Å². The lowest BCUT2D eigenvalue weighted by Gasteiger charge is -2.08. The minimum atomic E-state index is -4.36. The number of H-pyrrole nitrogens is 1. The van der Waals surface area contributed by atoms with E-state index < -0.39 is 18.6 Å². The molecular weight excluding hydrogens is 223 g/mol. The second-order valence-electron chi connectivity index (χ2n) is 3.21. The molecule has 90 valence electrons. The van der Waals surface area contributed by atoms with Gasteiger partial charge in [-0.15, -0.1) is 0 Å². The van der Waals surface area contributed by atoms with Gasteiger partial charge in [0.1, 0.15) is 6.54 Å². The molecular formula is C9H12F3N3O. The first-order valence-electron chi connectivity index (χ1n) is 4.63. The van der Waals surface area contributed by atoms with Gasteiger partial charge in [0.05, 0.1) is 6.54 Å². The fourth-order valence-corrected chi connectivity index (χ4v) is 1.05. The number of alkyl halides is 3. The zero-order valence-corrected chi connectivity index (χ0v) is 8.40. The summed E-state index contributed by atoms with van der Waals surface area (Å²) in [6.07, 6.45) is -0.905. The highest BCUT2D eigenvalue weighted by molar-refractivity contribution is 5.77. The molecule has 7 heteroatoms. The summed E-state index contributed by atoms with van der Waals surface area (Å²) in [6, 6.07) is 1.81. The molecule has 16 heavy (non-hydrogen) atoms. The Morgan fingerprint density at radius 2 is 2.19 bits per heavy atom. The molecule has 0 radical (unpaired) electrons. The first kappa shape index (κ1) is 12.6. The Hall–Kier alpha value is -1.50. The Balaban J connectivity index is 2.11. The van der Waals surface area contributed by atoms with Crippen molar-refractivity contribution in [2.45, 2.75) is 12.7 Å². The molecule has 1 heterocycles. The van der Waals surface area contributed by atoms with Crippen LogP contribution in [0.3, 0.4) is 0 Å². The van der Waals surface area contributed by atoms with E-state index in [2.05, 4.69) is 10.3 Å². The average molecular weight is 235 g/mol. The molecule has 0 saturated carbocycles. The van der Waals surface area contributed by atoms with E-state index in [0.717, 1.165) is 5.56 Å². The van der Waals surface area contributed by atoms with Crippen molar-refractivity contribution in [3.63, 3.8) is 0 Å². The third-order valence-electron chi connectivity index (χ3n) is 1.76. The number of rotatable bonds is 5. The van der Waals surface area contributed by atoms with E-state index >= 15 is 0 Å². The Kier molecular flexibility index (Phi) is 4.36. The molecule has 1 rings (SSSR count). The summed E-state index contributed by atoms with van der Waals surface area (Å²) in [7, 11) is 0. The molecule has 0 unspecified atom stereocenters. The monoisotopic (exact) mass is 235 g/mol. The summed E-state index contributed by atoms with van der Waals surface area (Å²) >= 11 is 0. The van der Waals surface area contributed by atoms with Crippen molar-refractivity contribution in [2.24, 2.45) is 0 Å². The number of carbonyl (C=O) groups excluding carboxylic acids is 1. The quantitative estimate of drug-likeness (QED) is 0.706. The predicted octanol–water partition coefficient (Wildman–Crippen LogP) is 0.783. The number of aromatic nitrogens is 1. The van der Waals surface area contributed by atoms with E-state index in [1.165, 1.54) is 0 Å². The van der Waals surface area contributed by atoms with Crippen LogP contribution in [0.4, 0.5) is 13.2 Å². The summed E-state index contributed by atoms with van der Waals surface area (Å²) < 4.78 is 35.2.